The highest BCUT2D eigenvalue weighted by Gasteiger charge is 2.20. The van der Waals surface area contributed by atoms with Crippen molar-refractivity contribution in [1.82, 2.24) is 9.88 Å². The van der Waals surface area contributed by atoms with Crippen molar-refractivity contribution in [2.75, 3.05) is 19.6 Å². The molecule has 0 amide bonds. The van der Waals surface area contributed by atoms with E-state index in [0.29, 0.717) is 0 Å². The lowest BCUT2D eigenvalue weighted by Crippen LogP contribution is -2.29. The van der Waals surface area contributed by atoms with Crippen LogP contribution in [0.1, 0.15) is 42.4 Å². The highest BCUT2D eigenvalue weighted by molar-refractivity contribution is 6.31. The Kier molecular flexibility index (Phi) is 5.48. The summed E-state index contributed by atoms with van der Waals surface area (Å²) >= 11 is 6.12. The van der Waals surface area contributed by atoms with Crippen LogP contribution >= 0.6 is 11.6 Å². The van der Waals surface area contributed by atoms with E-state index >= 15 is 0 Å². The summed E-state index contributed by atoms with van der Waals surface area (Å²) in [4.78, 5) is 5.98. The van der Waals surface area contributed by atoms with Crippen LogP contribution in [0.2, 0.25) is 5.02 Å². The smallest absolute Gasteiger partial charge is 0.0475 e. The zero-order valence-corrected chi connectivity index (χ0v) is 17.7. The first-order chi connectivity index (χ1) is 14.3. The maximum absolute atomic E-state index is 6.12. The van der Waals surface area contributed by atoms with E-state index in [4.69, 9.17) is 11.6 Å². The number of hydrogen-bond acceptors (Lipinski definition) is 1. The molecule has 3 aromatic rings. The van der Waals surface area contributed by atoms with Gasteiger partial charge in [-0.25, -0.2) is 0 Å². The number of aromatic amines is 1. The zero-order chi connectivity index (χ0) is 19.6. The van der Waals surface area contributed by atoms with Crippen molar-refractivity contribution in [3.63, 3.8) is 0 Å². The third-order valence-corrected chi connectivity index (χ3v) is 6.99. The van der Waals surface area contributed by atoms with Crippen LogP contribution in [0.5, 0.6) is 0 Å². The van der Waals surface area contributed by atoms with E-state index < -0.39 is 0 Å². The summed E-state index contributed by atoms with van der Waals surface area (Å²) in [5, 5.41) is 2.07. The standard InChI is InChI=1S/C26H29ClN2/c27-23-8-9-24-25(18-28-26(24)17-23)20-10-13-29(14-11-20)12-4-3-5-19-15-21-6-1-2-7-22(21)16-19/h1-2,6-10,17-19,28H,3-5,11-16H2. The van der Waals surface area contributed by atoms with Gasteiger partial charge < -0.3 is 4.98 Å². The number of unbranched alkanes of at least 4 members (excludes halogenated alkanes) is 1. The average Bonchev–Trinajstić information content (AvgIpc) is 3.35. The van der Waals surface area contributed by atoms with Crippen molar-refractivity contribution in [3.8, 4) is 0 Å². The van der Waals surface area contributed by atoms with Gasteiger partial charge >= 0.3 is 0 Å². The molecular formula is C26H29ClN2. The molecule has 2 aliphatic rings. The second-order valence-corrected chi connectivity index (χ2v) is 9.15. The third-order valence-electron chi connectivity index (χ3n) is 6.76. The maximum atomic E-state index is 6.12. The molecule has 2 nitrogen and oxygen atoms in total. The molecule has 1 N–H and O–H groups in total. The number of fused-ring (bicyclic) bond motifs is 2. The van der Waals surface area contributed by atoms with Gasteiger partial charge in [0.05, 0.1) is 0 Å². The highest BCUT2D eigenvalue weighted by atomic mass is 35.5. The number of halogens is 1. The number of rotatable bonds is 6. The number of aromatic nitrogens is 1. The van der Waals surface area contributed by atoms with Crippen LogP contribution in [0.25, 0.3) is 16.5 Å². The fourth-order valence-electron chi connectivity index (χ4n) is 5.15. The van der Waals surface area contributed by atoms with Crippen LogP contribution in [0, 0.1) is 5.92 Å². The minimum absolute atomic E-state index is 0.788. The van der Waals surface area contributed by atoms with E-state index in [1.165, 1.54) is 61.7 Å². The van der Waals surface area contributed by atoms with Crippen LogP contribution in [0.15, 0.2) is 54.7 Å². The molecule has 0 unspecified atom stereocenters. The van der Waals surface area contributed by atoms with Crippen molar-refractivity contribution < 1.29 is 0 Å². The van der Waals surface area contributed by atoms with Gasteiger partial charge in [0, 0.05) is 40.8 Å². The van der Waals surface area contributed by atoms with Gasteiger partial charge in [-0.15, -0.1) is 0 Å². The molecule has 0 saturated heterocycles. The molecule has 0 bridgehead atoms. The summed E-state index contributed by atoms with van der Waals surface area (Å²) in [7, 11) is 0. The van der Waals surface area contributed by atoms with Gasteiger partial charge in [0.2, 0.25) is 0 Å². The molecule has 0 atom stereocenters. The Labute approximate surface area is 178 Å². The van der Waals surface area contributed by atoms with Crippen molar-refractivity contribution >= 4 is 28.1 Å². The Morgan fingerprint density at radius 3 is 2.62 bits per heavy atom. The van der Waals surface area contributed by atoms with E-state index in [9.17, 15) is 0 Å². The minimum atomic E-state index is 0.788. The SMILES string of the molecule is Clc1ccc2c(C3=CCN(CCCCC4Cc5ccccc5C4)CC3)c[nH]c2c1. The van der Waals surface area contributed by atoms with Gasteiger partial charge in [0.25, 0.3) is 0 Å². The van der Waals surface area contributed by atoms with Crippen molar-refractivity contribution in [2.24, 2.45) is 5.92 Å². The maximum Gasteiger partial charge on any atom is 0.0475 e. The van der Waals surface area contributed by atoms with Gasteiger partial charge in [-0.2, -0.15) is 0 Å². The quantitative estimate of drug-likeness (QED) is 0.465. The number of nitrogens with one attached hydrogen (secondary N) is 1. The van der Waals surface area contributed by atoms with Gasteiger partial charge in [0.15, 0.2) is 0 Å². The summed E-state index contributed by atoms with van der Waals surface area (Å²) in [6.45, 7) is 3.47. The van der Waals surface area contributed by atoms with Crippen molar-refractivity contribution in [3.05, 3.63) is 76.5 Å². The number of benzene rings is 2. The molecule has 3 heteroatoms. The summed E-state index contributed by atoms with van der Waals surface area (Å²) in [5.74, 6) is 0.871. The lowest BCUT2D eigenvalue weighted by molar-refractivity contribution is 0.290. The van der Waals surface area contributed by atoms with E-state index in [1.54, 1.807) is 11.1 Å². The van der Waals surface area contributed by atoms with E-state index in [0.717, 1.165) is 29.4 Å². The topological polar surface area (TPSA) is 19.0 Å². The molecule has 2 heterocycles. The summed E-state index contributed by atoms with van der Waals surface area (Å²) in [6.07, 6.45) is 12.3. The normalized spacial score (nSPS) is 17.6. The second kappa shape index (κ2) is 8.38. The summed E-state index contributed by atoms with van der Waals surface area (Å²) in [6, 6.07) is 15.1. The van der Waals surface area contributed by atoms with Gasteiger partial charge in [-0.1, -0.05) is 54.4 Å². The summed E-state index contributed by atoms with van der Waals surface area (Å²) < 4.78 is 0. The third kappa shape index (κ3) is 4.15. The molecule has 0 saturated carbocycles. The zero-order valence-electron chi connectivity index (χ0n) is 17.0. The molecule has 1 aromatic heterocycles. The lowest BCUT2D eigenvalue weighted by atomic mass is 9.97. The molecule has 0 radical (unpaired) electrons. The van der Waals surface area contributed by atoms with Gasteiger partial charge in [0.1, 0.15) is 0 Å². The Bertz CT molecular complexity index is 1010. The summed E-state index contributed by atoms with van der Waals surface area (Å²) in [5.41, 5.74) is 7.12. The van der Waals surface area contributed by atoms with Crippen LogP contribution in [0.4, 0.5) is 0 Å². The predicted molar refractivity (Wildman–Crippen MR) is 124 cm³/mol. The number of H-pyrrole nitrogens is 1. The fourth-order valence-corrected chi connectivity index (χ4v) is 5.32. The molecule has 2 aromatic carbocycles. The van der Waals surface area contributed by atoms with Crippen LogP contribution < -0.4 is 0 Å². The van der Waals surface area contributed by atoms with E-state index in [-0.39, 0.29) is 0 Å². The Balaban J connectivity index is 1.09. The number of hydrogen-bond donors (Lipinski definition) is 1. The lowest BCUT2D eigenvalue weighted by Gasteiger charge is -2.26. The molecule has 0 spiro atoms. The highest BCUT2D eigenvalue weighted by Crippen LogP contribution is 2.31. The molecule has 1 aliphatic carbocycles. The number of nitrogens with zero attached hydrogens (tertiary/aromatic N) is 1. The van der Waals surface area contributed by atoms with Crippen molar-refractivity contribution in [2.45, 2.75) is 38.5 Å². The molecule has 1 aliphatic heterocycles. The molecule has 150 valence electrons. The largest absolute Gasteiger partial charge is 0.361 e. The Hall–Kier alpha value is -2.03. The molecule has 5 rings (SSSR count). The molecule has 0 fully saturated rings. The van der Waals surface area contributed by atoms with E-state index in [1.807, 2.05) is 12.1 Å². The first-order valence-corrected chi connectivity index (χ1v) is 11.4. The second-order valence-electron chi connectivity index (χ2n) is 8.71. The Morgan fingerprint density at radius 1 is 1.03 bits per heavy atom. The van der Waals surface area contributed by atoms with Gasteiger partial charge in [-0.3, -0.25) is 4.90 Å². The van der Waals surface area contributed by atoms with Crippen LogP contribution in [0.3, 0.4) is 0 Å². The Morgan fingerprint density at radius 2 is 1.86 bits per heavy atom. The van der Waals surface area contributed by atoms with E-state index in [2.05, 4.69) is 52.5 Å². The first-order valence-electron chi connectivity index (χ1n) is 11.0. The first kappa shape index (κ1) is 19.0. The van der Waals surface area contributed by atoms with Gasteiger partial charge in [-0.05, 0) is 73.4 Å². The van der Waals surface area contributed by atoms with Crippen LogP contribution in [-0.2, 0) is 12.8 Å². The average molecular weight is 405 g/mol. The molecule has 29 heavy (non-hydrogen) atoms. The molecular weight excluding hydrogens is 376 g/mol. The monoisotopic (exact) mass is 404 g/mol. The fraction of sp³-hybridized carbons (Fsp3) is 0.385. The van der Waals surface area contributed by atoms with Crippen molar-refractivity contribution in [1.29, 1.82) is 0 Å². The minimum Gasteiger partial charge on any atom is -0.361 e. The van der Waals surface area contributed by atoms with Crippen LogP contribution in [-0.4, -0.2) is 29.5 Å². The predicted octanol–water partition coefficient (Wildman–Crippen LogP) is 6.50.